The van der Waals surface area contributed by atoms with Gasteiger partial charge in [0.2, 0.25) is 0 Å². The Bertz CT molecular complexity index is 537. The van der Waals surface area contributed by atoms with Gasteiger partial charge in [0.1, 0.15) is 11.6 Å². The van der Waals surface area contributed by atoms with Gasteiger partial charge in [-0.05, 0) is 54.4 Å². The fraction of sp³-hybridized carbons (Fsp3) is 0.250. The maximum absolute atomic E-state index is 13.3. The zero-order valence-electron chi connectivity index (χ0n) is 11.3. The van der Waals surface area contributed by atoms with Crippen LogP contribution in [-0.2, 0) is 6.54 Å². The summed E-state index contributed by atoms with van der Waals surface area (Å²) in [6.07, 6.45) is 0.994. The Kier molecular flexibility index (Phi) is 5.41. The van der Waals surface area contributed by atoms with Crippen molar-refractivity contribution in [2.75, 3.05) is 11.9 Å². The predicted octanol–water partition coefficient (Wildman–Crippen LogP) is 4.99. The molecule has 2 rings (SSSR count). The molecule has 0 unspecified atom stereocenters. The second-order valence-electron chi connectivity index (χ2n) is 4.50. The quantitative estimate of drug-likeness (QED) is 0.801. The zero-order valence-corrected chi connectivity index (χ0v) is 12.9. The van der Waals surface area contributed by atoms with Crippen molar-refractivity contribution in [1.29, 1.82) is 0 Å². The summed E-state index contributed by atoms with van der Waals surface area (Å²) in [5.74, 6) is 0.630. The summed E-state index contributed by atoms with van der Waals surface area (Å²) in [5.41, 5.74) is 1.87. The van der Waals surface area contributed by atoms with Gasteiger partial charge in [-0.1, -0.05) is 22.9 Å². The van der Waals surface area contributed by atoms with Crippen LogP contribution in [0, 0.1) is 5.82 Å². The van der Waals surface area contributed by atoms with Gasteiger partial charge >= 0.3 is 0 Å². The van der Waals surface area contributed by atoms with Crippen molar-refractivity contribution in [3.8, 4) is 5.75 Å². The van der Waals surface area contributed by atoms with E-state index in [4.69, 9.17) is 4.74 Å². The third-order valence-electron chi connectivity index (χ3n) is 2.75. The summed E-state index contributed by atoms with van der Waals surface area (Å²) in [5, 5.41) is 3.26. The van der Waals surface area contributed by atoms with E-state index in [1.165, 1.54) is 12.1 Å². The molecular weight excluding hydrogens is 321 g/mol. The minimum absolute atomic E-state index is 0.237. The van der Waals surface area contributed by atoms with Gasteiger partial charge in [0, 0.05) is 16.7 Å². The number of benzene rings is 2. The van der Waals surface area contributed by atoms with Crippen molar-refractivity contribution in [1.82, 2.24) is 0 Å². The predicted molar refractivity (Wildman–Crippen MR) is 83.7 cm³/mol. The van der Waals surface area contributed by atoms with Crippen molar-refractivity contribution in [3.05, 3.63) is 58.3 Å². The van der Waals surface area contributed by atoms with Crippen molar-refractivity contribution in [2.45, 2.75) is 19.9 Å². The molecule has 0 amide bonds. The highest BCUT2D eigenvalue weighted by atomic mass is 79.9. The lowest BCUT2D eigenvalue weighted by Crippen LogP contribution is -2.00. The van der Waals surface area contributed by atoms with Gasteiger partial charge < -0.3 is 10.1 Å². The molecule has 0 atom stereocenters. The first-order chi connectivity index (χ1) is 9.67. The smallest absolute Gasteiger partial charge is 0.124 e. The molecule has 0 fully saturated rings. The number of anilines is 1. The maximum Gasteiger partial charge on any atom is 0.124 e. The molecule has 4 heteroatoms. The van der Waals surface area contributed by atoms with Gasteiger partial charge in [0.25, 0.3) is 0 Å². The zero-order chi connectivity index (χ0) is 14.4. The lowest BCUT2D eigenvalue weighted by molar-refractivity contribution is 0.317. The van der Waals surface area contributed by atoms with E-state index in [2.05, 4.69) is 28.2 Å². The highest BCUT2D eigenvalue weighted by molar-refractivity contribution is 9.10. The van der Waals surface area contributed by atoms with Crippen LogP contribution in [-0.4, -0.2) is 6.61 Å². The lowest BCUT2D eigenvalue weighted by atomic mass is 10.2. The number of hydrogen-bond acceptors (Lipinski definition) is 2. The van der Waals surface area contributed by atoms with Crippen molar-refractivity contribution in [2.24, 2.45) is 0 Å². The minimum Gasteiger partial charge on any atom is -0.494 e. The third kappa shape index (κ3) is 4.53. The molecule has 20 heavy (non-hydrogen) atoms. The van der Waals surface area contributed by atoms with Crippen LogP contribution in [0.2, 0.25) is 0 Å². The normalized spacial score (nSPS) is 10.3. The topological polar surface area (TPSA) is 21.3 Å². The number of rotatable bonds is 6. The van der Waals surface area contributed by atoms with Gasteiger partial charge in [0.15, 0.2) is 0 Å². The molecule has 0 radical (unpaired) electrons. The molecule has 0 saturated heterocycles. The Morgan fingerprint density at radius 3 is 2.55 bits per heavy atom. The molecule has 0 aliphatic rings. The molecule has 0 heterocycles. The van der Waals surface area contributed by atoms with Crippen LogP contribution in [0.3, 0.4) is 0 Å². The number of hydrogen-bond donors (Lipinski definition) is 1. The summed E-state index contributed by atoms with van der Waals surface area (Å²) in [4.78, 5) is 0. The highest BCUT2D eigenvalue weighted by Crippen LogP contribution is 2.18. The fourth-order valence-electron chi connectivity index (χ4n) is 1.81. The molecule has 0 aliphatic carbocycles. The molecule has 2 aromatic rings. The van der Waals surface area contributed by atoms with Crippen molar-refractivity contribution < 1.29 is 9.13 Å². The van der Waals surface area contributed by atoms with E-state index in [0.717, 1.165) is 34.5 Å². The molecule has 0 bridgehead atoms. The van der Waals surface area contributed by atoms with E-state index in [1.807, 2.05) is 30.3 Å². The monoisotopic (exact) mass is 337 g/mol. The number of nitrogens with one attached hydrogen (secondary N) is 1. The van der Waals surface area contributed by atoms with E-state index < -0.39 is 0 Å². The summed E-state index contributed by atoms with van der Waals surface area (Å²) < 4.78 is 19.5. The van der Waals surface area contributed by atoms with Crippen LogP contribution in [0.15, 0.2) is 46.9 Å². The third-order valence-corrected chi connectivity index (χ3v) is 3.20. The van der Waals surface area contributed by atoms with Crippen molar-refractivity contribution in [3.63, 3.8) is 0 Å². The van der Waals surface area contributed by atoms with Crippen LogP contribution in [0.1, 0.15) is 18.9 Å². The molecule has 2 nitrogen and oxygen atoms in total. The largest absolute Gasteiger partial charge is 0.494 e. The Balaban J connectivity index is 1.93. The standard InChI is InChI=1S/C16H17BrFNO/c1-2-7-20-16-5-3-15(4-6-16)19-11-12-8-13(17)10-14(18)9-12/h3-6,8-10,19H,2,7,11H2,1H3. The second-order valence-corrected chi connectivity index (χ2v) is 5.42. The van der Waals surface area contributed by atoms with Gasteiger partial charge in [-0.2, -0.15) is 0 Å². The molecular formula is C16H17BrFNO. The molecule has 0 aromatic heterocycles. The van der Waals surface area contributed by atoms with Crippen LogP contribution < -0.4 is 10.1 Å². The van der Waals surface area contributed by atoms with Gasteiger partial charge in [-0.3, -0.25) is 0 Å². The molecule has 1 N–H and O–H groups in total. The summed E-state index contributed by atoms with van der Waals surface area (Å²) in [6, 6.07) is 12.6. The molecule has 106 valence electrons. The molecule has 2 aromatic carbocycles. The SMILES string of the molecule is CCCOc1ccc(NCc2cc(F)cc(Br)c2)cc1. The van der Waals surface area contributed by atoms with E-state index in [0.29, 0.717) is 6.54 Å². The van der Waals surface area contributed by atoms with E-state index in [-0.39, 0.29) is 5.82 Å². The van der Waals surface area contributed by atoms with Crippen LogP contribution >= 0.6 is 15.9 Å². The first-order valence-corrected chi connectivity index (χ1v) is 7.38. The highest BCUT2D eigenvalue weighted by Gasteiger charge is 2.00. The van der Waals surface area contributed by atoms with Gasteiger partial charge in [-0.25, -0.2) is 4.39 Å². The first-order valence-electron chi connectivity index (χ1n) is 6.59. The minimum atomic E-state index is -0.237. The van der Waals surface area contributed by atoms with Gasteiger partial charge in [0.05, 0.1) is 6.61 Å². The summed E-state index contributed by atoms with van der Waals surface area (Å²) in [6.45, 7) is 3.38. The second kappa shape index (κ2) is 7.29. The summed E-state index contributed by atoms with van der Waals surface area (Å²) >= 11 is 3.29. The van der Waals surface area contributed by atoms with Crippen LogP contribution in [0.5, 0.6) is 5.75 Å². The molecule has 0 spiro atoms. The van der Waals surface area contributed by atoms with E-state index >= 15 is 0 Å². The average Bonchev–Trinajstić information content (AvgIpc) is 2.43. The summed E-state index contributed by atoms with van der Waals surface area (Å²) in [7, 11) is 0. The Morgan fingerprint density at radius 2 is 1.90 bits per heavy atom. The molecule has 0 saturated carbocycles. The first kappa shape index (κ1) is 14.9. The Morgan fingerprint density at radius 1 is 1.15 bits per heavy atom. The Labute approximate surface area is 127 Å². The lowest BCUT2D eigenvalue weighted by Gasteiger charge is -2.09. The van der Waals surface area contributed by atoms with E-state index in [1.54, 1.807) is 0 Å². The Hall–Kier alpha value is -1.55. The molecule has 0 aliphatic heterocycles. The van der Waals surface area contributed by atoms with E-state index in [9.17, 15) is 4.39 Å². The maximum atomic E-state index is 13.3. The van der Waals surface area contributed by atoms with Gasteiger partial charge in [-0.15, -0.1) is 0 Å². The van der Waals surface area contributed by atoms with Crippen LogP contribution in [0.4, 0.5) is 10.1 Å². The van der Waals surface area contributed by atoms with Crippen LogP contribution in [0.25, 0.3) is 0 Å². The number of halogens is 2. The van der Waals surface area contributed by atoms with Crippen molar-refractivity contribution >= 4 is 21.6 Å². The fourth-order valence-corrected chi connectivity index (χ4v) is 2.32. The number of ether oxygens (including phenoxy) is 1. The average molecular weight is 338 g/mol.